The van der Waals surface area contributed by atoms with E-state index < -0.39 is 17.5 Å². The second kappa shape index (κ2) is 7.67. The lowest BCUT2D eigenvalue weighted by Gasteiger charge is -2.27. The summed E-state index contributed by atoms with van der Waals surface area (Å²) in [5.74, 6) is -1.57. The van der Waals surface area contributed by atoms with Gasteiger partial charge in [-0.2, -0.15) is 10.4 Å². The Kier molecular flexibility index (Phi) is 4.91. The summed E-state index contributed by atoms with van der Waals surface area (Å²) in [7, 11) is 0. The number of carboxylic acids is 1. The van der Waals surface area contributed by atoms with Crippen LogP contribution >= 0.6 is 0 Å². The number of aromatic nitrogens is 4. The van der Waals surface area contributed by atoms with Crippen LogP contribution in [0.2, 0.25) is 0 Å². The molecule has 0 aliphatic carbocycles. The first-order valence-electron chi connectivity index (χ1n) is 10.7. The molecule has 0 bridgehead atoms. The molecule has 5 rings (SSSR count). The van der Waals surface area contributed by atoms with Gasteiger partial charge in [0.2, 0.25) is 0 Å². The number of aliphatic carboxylic acids is 1. The van der Waals surface area contributed by atoms with Crippen molar-refractivity contribution < 1.29 is 19.0 Å². The number of pyridine rings is 1. The van der Waals surface area contributed by atoms with E-state index in [9.17, 15) is 19.6 Å². The van der Waals surface area contributed by atoms with Crippen LogP contribution in [0.25, 0.3) is 27.8 Å². The number of ether oxygens (including phenoxy) is 1. The summed E-state index contributed by atoms with van der Waals surface area (Å²) in [6, 6.07) is 10.4. The average molecular weight is 447 g/mol. The highest BCUT2D eigenvalue weighted by Gasteiger charge is 2.40. The van der Waals surface area contributed by atoms with E-state index in [1.807, 2.05) is 24.5 Å². The molecule has 0 amide bonds. The molecule has 1 aliphatic heterocycles. The van der Waals surface area contributed by atoms with E-state index in [2.05, 4.69) is 16.3 Å². The summed E-state index contributed by atoms with van der Waals surface area (Å²) >= 11 is 0. The fourth-order valence-corrected chi connectivity index (χ4v) is 4.78. The third kappa shape index (κ3) is 3.43. The molecule has 1 saturated heterocycles. The first kappa shape index (κ1) is 21.1. The van der Waals surface area contributed by atoms with Crippen molar-refractivity contribution in [1.29, 1.82) is 5.26 Å². The fourth-order valence-electron chi connectivity index (χ4n) is 4.78. The highest BCUT2D eigenvalue weighted by Crippen LogP contribution is 2.45. The molecule has 0 saturated carbocycles. The molecule has 1 aliphatic rings. The number of benzene rings is 1. The van der Waals surface area contributed by atoms with E-state index >= 15 is 0 Å². The van der Waals surface area contributed by atoms with Gasteiger partial charge in [0.25, 0.3) is 0 Å². The number of nitriles is 1. The Labute approximate surface area is 188 Å². The van der Waals surface area contributed by atoms with Crippen LogP contribution in [0.3, 0.4) is 0 Å². The number of hydrogen-bond acceptors (Lipinski definition) is 5. The topological polar surface area (TPSA) is 117 Å². The zero-order chi connectivity index (χ0) is 23.3. The molecule has 0 spiro atoms. The molecule has 0 unspecified atom stereocenters. The number of halogens is 1. The van der Waals surface area contributed by atoms with Crippen molar-refractivity contribution in [3.63, 3.8) is 0 Å². The van der Waals surface area contributed by atoms with Gasteiger partial charge < -0.3 is 14.4 Å². The number of rotatable bonds is 5. The molecule has 2 atom stereocenters. The molecule has 33 heavy (non-hydrogen) atoms. The Balaban J connectivity index is 1.87. The van der Waals surface area contributed by atoms with E-state index in [4.69, 9.17) is 9.72 Å². The predicted molar refractivity (Wildman–Crippen MR) is 119 cm³/mol. The largest absolute Gasteiger partial charge is 0.479 e. The van der Waals surface area contributed by atoms with Crippen LogP contribution in [0.15, 0.2) is 36.5 Å². The molecule has 4 heterocycles. The van der Waals surface area contributed by atoms with Crippen LogP contribution in [0.5, 0.6) is 0 Å². The summed E-state index contributed by atoms with van der Waals surface area (Å²) in [4.78, 5) is 16.4. The second-order valence-corrected chi connectivity index (χ2v) is 9.05. The zero-order valence-electron chi connectivity index (χ0n) is 18.2. The first-order chi connectivity index (χ1) is 15.8. The van der Waals surface area contributed by atoms with Crippen molar-refractivity contribution in [2.75, 3.05) is 6.61 Å². The highest BCUT2D eigenvalue weighted by molar-refractivity contribution is 5.94. The van der Waals surface area contributed by atoms with Crippen molar-refractivity contribution in [3.05, 3.63) is 53.6 Å². The summed E-state index contributed by atoms with van der Waals surface area (Å²) in [5, 5.41) is 26.9. The molecule has 3 aromatic heterocycles. The molecule has 0 radical (unpaired) electrons. The van der Waals surface area contributed by atoms with E-state index in [0.717, 1.165) is 27.8 Å². The van der Waals surface area contributed by atoms with Crippen LogP contribution in [0.1, 0.15) is 43.9 Å². The van der Waals surface area contributed by atoms with Crippen molar-refractivity contribution >= 4 is 28.0 Å². The van der Waals surface area contributed by atoms with Gasteiger partial charge in [0, 0.05) is 40.1 Å². The van der Waals surface area contributed by atoms with E-state index in [-0.39, 0.29) is 24.8 Å². The van der Waals surface area contributed by atoms with E-state index in [0.29, 0.717) is 17.6 Å². The number of carboxylic acid groups (broad SMARTS) is 1. The lowest BCUT2D eigenvalue weighted by Crippen LogP contribution is -2.24. The number of nitrogens with one attached hydrogen (secondary N) is 1. The number of aromatic amines is 1. The minimum absolute atomic E-state index is 0.226. The Morgan fingerprint density at radius 3 is 2.82 bits per heavy atom. The molecule has 9 heteroatoms. The number of carbonyl (C=O) groups is 1. The quantitative estimate of drug-likeness (QED) is 0.474. The third-order valence-electron chi connectivity index (χ3n) is 6.31. The molecule has 168 valence electrons. The van der Waals surface area contributed by atoms with Crippen molar-refractivity contribution in [1.82, 2.24) is 19.7 Å². The average Bonchev–Trinajstić information content (AvgIpc) is 3.49. The molecule has 1 fully saturated rings. The maximum Gasteiger partial charge on any atom is 0.332 e. The molecular weight excluding hydrogens is 425 g/mol. The summed E-state index contributed by atoms with van der Waals surface area (Å²) < 4.78 is 21.4. The zero-order valence-corrected chi connectivity index (χ0v) is 18.2. The second-order valence-electron chi connectivity index (χ2n) is 9.05. The van der Waals surface area contributed by atoms with Crippen LogP contribution in [-0.2, 0) is 14.9 Å². The molecule has 2 N–H and O–H groups in total. The van der Waals surface area contributed by atoms with E-state index in [1.54, 1.807) is 18.3 Å². The first-order valence-corrected chi connectivity index (χ1v) is 10.7. The minimum Gasteiger partial charge on any atom is -0.479 e. The Morgan fingerprint density at radius 2 is 2.15 bits per heavy atom. The lowest BCUT2D eigenvalue weighted by atomic mass is 9.80. The standard InChI is InChI=1S/C24H22FN5O3/c1-24(2,7-8-26)21-19(14-10-18(23(31)32)33-12-14)20-17(9-13-11-27-29-22(13)28-20)30(21)16-5-3-15(25)4-6-16/h3-6,9,11,14,18H,7,10,12H2,1-2H3,(H,31,32)(H,27,28,29)/t14-,18+/m1/s1. The van der Waals surface area contributed by atoms with Crippen molar-refractivity contribution in [3.8, 4) is 11.8 Å². The molecule has 1 aromatic carbocycles. The van der Waals surface area contributed by atoms with Crippen LogP contribution < -0.4 is 0 Å². The monoisotopic (exact) mass is 447 g/mol. The van der Waals surface area contributed by atoms with Gasteiger partial charge >= 0.3 is 5.97 Å². The number of nitrogens with zero attached hydrogens (tertiary/aromatic N) is 4. The van der Waals surface area contributed by atoms with Crippen LogP contribution in [0, 0.1) is 17.1 Å². The number of H-pyrrole nitrogens is 1. The van der Waals surface area contributed by atoms with Crippen LogP contribution in [-0.4, -0.2) is 43.5 Å². The van der Waals surface area contributed by atoms with Gasteiger partial charge in [-0.15, -0.1) is 0 Å². The number of hydrogen-bond donors (Lipinski definition) is 2. The molecular formula is C24H22FN5O3. The third-order valence-corrected chi connectivity index (χ3v) is 6.31. The van der Waals surface area contributed by atoms with Gasteiger partial charge in [0.1, 0.15) is 5.82 Å². The fraction of sp³-hybridized carbons (Fsp3) is 0.333. The van der Waals surface area contributed by atoms with Crippen LogP contribution in [0.4, 0.5) is 4.39 Å². The smallest absolute Gasteiger partial charge is 0.332 e. The number of fused-ring (bicyclic) bond motifs is 2. The summed E-state index contributed by atoms with van der Waals surface area (Å²) in [5.41, 5.74) is 3.91. The van der Waals surface area contributed by atoms with Crippen molar-refractivity contribution in [2.45, 2.75) is 44.1 Å². The van der Waals surface area contributed by atoms with Gasteiger partial charge in [-0.1, -0.05) is 13.8 Å². The van der Waals surface area contributed by atoms with Gasteiger partial charge in [0.05, 0.1) is 29.9 Å². The predicted octanol–water partition coefficient (Wildman–Crippen LogP) is 4.19. The maximum atomic E-state index is 13.8. The highest BCUT2D eigenvalue weighted by atomic mass is 19.1. The minimum atomic E-state index is -0.999. The Bertz CT molecular complexity index is 1410. The molecule has 4 aromatic rings. The van der Waals surface area contributed by atoms with Crippen molar-refractivity contribution in [2.24, 2.45) is 0 Å². The van der Waals surface area contributed by atoms with Gasteiger partial charge in [-0.3, -0.25) is 5.10 Å². The van der Waals surface area contributed by atoms with Gasteiger partial charge in [0.15, 0.2) is 11.8 Å². The lowest BCUT2D eigenvalue weighted by molar-refractivity contribution is -0.147. The maximum absolute atomic E-state index is 13.8. The van der Waals surface area contributed by atoms with Gasteiger partial charge in [-0.25, -0.2) is 14.2 Å². The molecule has 8 nitrogen and oxygen atoms in total. The Morgan fingerprint density at radius 1 is 1.39 bits per heavy atom. The van der Waals surface area contributed by atoms with Gasteiger partial charge in [-0.05, 0) is 36.8 Å². The SMILES string of the molecule is CC(C)(CC#N)c1c([C@H]2CO[C@H](C(=O)O)C2)c2nc3[nH]ncc3cc2n1-c1ccc(F)cc1. The summed E-state index contributed by atoms with van der Waals surface area (Å²) in [6.45, 7) is 4.19. The summed E-state index contributed by atoms with van der Waals surface area (Å²) in [6.07, 6.45) is 1.31. The Hall–Kier alpha value is -3.77. The van der Waals surface area contributed by atoms with E-state index in [1.165, 1.54) is 12.1 Å². The normalized spacial score (nSPS) is 18.7.